The second kappa shape index (κ2) is 6.64. The maximum atomic E-state index is 12.0. The summed E-state index contributed by atoms with van der Waals surface area (Å²) in [5, 5.41) is 10.9. The van der Waals surface area contributed by atoms with Gasteiger partial charge in [-0.25, -0.2) is 4.79 Å². The molecule has 2 saturated heterocycles. The number of hydrogen-bond donors (Lipinski definition) is 1. The molecular formula is C20H30O4. The number of hydrogen-bond acceptors (Lipinski definition) is 4. The molecule has 4 nitrogen and oxygen atoms in total. The second-order valence-corrected chi connectivity index (χ2v) is 8.11. The quantitative estimate of drug-likeness (QED) is 0.418. The molecule has 0 amide bonds. The molecule has 1 N–H and O–H groups in total. The van der Waals surface area contributed by atoms with Gasteiger partial charge in [-0.05, 0) is 58.3 Å². The van der Waals surface area contributed by atoms with Crippen molar-refractivity contribution in [1.29, 1.82) is 0 Å². The number of esters is 1. The molecule has 0 saturated carbocycles. The number of rotatable bonds is 0. The SMILES string of the molecule is C=C1C(=O)O[C@@H]2[C@@H]3O[C@@](C)(CCC=C(C)CCC[C@H]3C)[C@H](O)C[C@@H]12. The van der Waals surface area contributed by atoms with Crippen molar-refractivity contribution in [2.45, 2.75) is 83.2 Å². The Hall–Kier alpha value is -1.13. The number of aliphatic hydroxyl groups is 1. The highest BCUT2D eigenvalue weighted by atomic mass is 16.6. The second-order valence-electron chi connectivity index (χ2n) is 8.11. The summed E-state index contributed by atoms with van der Waals surface area (Å²) in [7, 11) is 0. The molecule has 0 spiro atoms. The van der Waals surface area contributed by atoms with Crippen LogP contribution < -0.4 is 0 Å². The van der Waals surface area contributed by atoms with Gasteiger partial charge in [-0.1, -0.05) is 25.2 Å². The van der Waals surface area contributed by atoms with Gasteiger partial charge in [0.1, 0.15) is 6.10 Å². The first kappa shape index (κ1) is 17.7. The molecule has 0 radical (unpaired) electrons. The van der Waals surface area contributed by atoms with E-state index in [1.54, 1.807) is 0 Å². The van der Waals surface area contributed by atoms with Crippen LogP contribution in [-0.4, -0.2) is 35.0 Å². The zero-order valence-electron chi connectivity index (χ0n) is 15.1. The summed E-state index contributed by atoms with van der Waals surface area (Å²) in [4.78, 5) is 12.0. The molecule has 6 atom stereocenters. The Labute approximate surface area is 144 Å². The minimum Gasteiger partial charge on any atom is -0.456 e. The van der Waals surface area contributed by atoms with Crippen LogP contribution in [0.2, 0.25) is 0 Å². The van der Waals surface area contributed by atoms with E-state index in [9.17, 15) is 9.90 Å². The number of allylic oxidation sites excluding steroid dienone is 2. The van der Waals surface area contributed by atoms with Gasteiger partial charge in [0.15, 0.2) is 0 Å². The van der Waals surface area contributed by atoms with Gasteiger partial charge in [0.25, 0.3) is 0 Å². The van der Waals surface area contributed by atoms with Gasteiger partial charge in [-0.15, -0.1) is 0 Å². The molecule has 3 aliphatic heterocycles. The summed E-state index contributed by atoms with van der Waals surface area (Å²) in [6.45, 7) is 10.3. The topological polar surface area (TPSA) is 55.8 Å². The smallest absolute Gasteiger partial charge is 0.334 e. The van der Waals surface area contributed by atoms with Crippen molar-refractivity contribution in [3.63, 3.8) is 0 Å². The van der Waals surface area contributed by atoms with E-state index in [1.807, 2.05) is 6.92 Å². The Balaban J connectivity index is 1.95. The highest BCUT2D eigenvalue weighted by Gasteiger charge is 2.53. The third-order valence-corrected chi connectivity index (χ3v) is 6.19. The van der Waals surface area contributed by atoms with Gasteiger partial charge in [-0.3, -0.25) is 0 Å². The van der Waals surface area contributed by atoms with E-state index in [4.69, 9.17) is 9.47 Å². The first-order chi connectivity index (χ1) is 11.3. The Morgan fingerprint density at radius 3 is 2.88 bits per heavy atom. The van der Waals surface area contributed by atoms with E-state index in [0.717, 1.165) is 32.1 Å². The molecule has 2 bridgehead atoms. The van der Waals surface area contributed by atoms with Crippen LogP contribution in [0.5, 0.6) is 0 Å². The maximum absolute atomic E-state index is 12.0. The molecule has 134 valence electrons. The maximum Gasteiger partial charge on any atom is 0.334 e. The normalized spacial score (nSPS) is 44.0. The van der Waals surface area contributed by atoms with Crippen molar-refractivity contribution < 1.29 is 19.4 Å². The fourth-order valence-corrected chi connectivity index (χ4v) is 4.39. The van der Waals surface area contributed by atoms with Crippen LogP contribution in [0.25, 0.3) is 0 Å². The molecule has 4 heteroatoms. The van der Waals surface area contributed by atoms with Crippen LogP contribution in [0.3, 0.4) is 0 Å². The number of carbonyl (C=O) groups excluding carboxylic acids is 1. The zero-order valence-corrected chi connectivity index (χ0v) is 15.1. The largest absolute Gasteiger partial charge is 0.456 e. The number of aliphatic hydroxyl groups excluding tert-OH is 1. The van der Waals surface area contributed by atoms with E-state index in [-0.39, 0.29) is 30.0 Å². The Morgan fingerprint density at radius 1 is 1.38 bits per heavy atom. The summed E-state index contributed by atoms with van der Waals surface area (Å²) in [6, 6.07) is 0. The van der Waals surface area contributed by atoms with Crippen molar-refractivity contribution in [3.8, 4) is 0 Å². The van der Waals surface area contributed by atoms with Gasteiger partial charge >= 0.3 is 5.97 Å². The van der Waals surface area contributed by atoms with Crippen molar-refractivity contribution >= 4 is 5.97 Å². The summed E-state index contributed by atoms with van der Waals surface area (Å²) >= 11 is 0. The van der Waals surface area contributed by atoms with Gasteiger partial charge in [0.05, 0.1) is 17.8 Å². The van der Waals surface area contributed by atoms with Crippen molar-refractivity contribution in [2.75, 3.05) is 0 Å². The summed E-state index contributed by atoms with van der Waals surface area (Å²) in [6.07, 6.45) is 6.54. The van der Waals surface area contributed by atoms with Crippen molar-refractivity contribution in [3.05, 3.63) is 23.8 Å². The first-order valence-corrected chi connectivity index (χ1v) is 9.23. The Kier molecular flexibility index (Phi) is 4.89. The minimum absolute atomic E-state index is 0.137. The van der Waals surface area contributed by atoms with Crippen LogP contribution in [-0.2, 0) is 14.3 Å². The van der Waals surface area contributed by atoms with Gasteiger partial charge in [0.2, 0.25) is 0 Å². The van der Waals surface area contributed by atoms with Crippen molar-refractivity contribution in [1.82, 2.24) is 0 Å². The average molecular weight is 334 g/mol. The fourth-order valence-electron chi connectivity index (χ4n) is 4.39. The lowest BCUT2D eigenvalue weighted by Gasteiger charge is -2.38. The monoisotopic (exact) mass is 334 g/mol. The summed E-state index contributed by atoms with van der Waals surface area (Å²) in [5.41, 5.74) is 1.29. The standard InChI is InChI=1S/C20H30O4/c1-12-7-5-9-13(2)17-18-15(14(3)19(22)23-18)11-16(21)20(4,24-17)10-6-8-12/h8,13,15-18,21H,3,5-7,9-11H2,1-2,4H3/t13-,15+,16-,17-,18+,20+/m1/s1. The molecule has 2 fully saturated rings. The van der Waals surface area contributed by atoms with E-state index < -0.39 is 11.7 Å². The number of carbonyl (C=O) groups is 1. The molecule has 0 aromatic carbocycles. The number of fused-ring (bicyclic) bond motifs is 4. The number of ether oxygens (including phenoxy) is 2. The minimum atomic E-state index is -0.622. The van der Waals surface area contributed by atoms with Crippen molar-refractivity contribution in [2.24, 2.45) is 11.8 Å². The molecule has 3 aliphatic rings. The lowest BCUT2D eigenvalue weighted by Crippen LogP contribution is -2.46. The lowest BCUT2D eigenvalue weighted by molar-refractivity contribution is -0.182. The molecule has 0 aliphatic carbocycles. The molecular weight excluding hydrogens is 304 g/mol. The molecule has 3 rings (SSSR count). The van der Waals surface area contributed by atoms with E-state index in [2.05, 4.69) is 26.5 Å². The molecule has 0 unspecified atom stereocenters. The van der Waals surface area contributed by atoms with E-state index in [0.29, 0.717) is 12.0 Å². The molecule has 0 aromatic rings. The fraction of sp³-hybridized carbons (Fsp3) is 0.750. The lowest BCUT2D eigenvalue weighted by atomic mass is 9.82. The van der Waals surface area contributed by atoms with Crippen LogP contribution in [0.4, 0.5) is 0 Å². The summed E-state index contributed by atoms with van der Waals surface area (Å²) < 4.78 is 12.1. The van der Waals surface area contributed by atoms with Gasteiger partial charge in [-0.2, -0.15) is 0 Å². The average Bonchev–Trinajstić information content (AvgIpc) is 2.72. The van der Waals surface area contributed by atoms with Crippen LogP contribution in [0, 0.1) is 11.8 Å². The molecule has 24 heavy (non-hydrogen) atoms. The van der Waals surface area contributed by atoms with Gasteiger partial charge < -0.3 is 14.6 Å². The zero-order chi connectivity index (χ0) is 17.5. The molecule has 0 aromatic heterocycles. The van der Waals surface area contributed by atoms with Gasteiger partial charge in [0, 0.05) is 11.5 Å². The Bertz CT molecular complexity index is 552. The third-order valence-electron chi connectivity index (χ3n) is 6.19. The van der Waals surface area contributed by atoms with Crippen LogP contribution >= 0.6 is 0 Å². The van der Waals surface area contributed by atoms with Crippen LogP contribution in [0.15, 0.2) is 23.8 Å². The third kappa shape index (κ3) is 3.18. The summed E-state index contributed by atoms with van der Waals surface area (Å²) in [5.74, 6) is -0.197. The Morgan fingerprint density at radius 2 is 2.12 bits per heavy atom. The van der Waals surface area contributed by atoms with Crippen LogP contribution in [0.1, 0.15) is 59.3 Å². The molecule has 3 heterocycles. The highest BCUT2D eigenvalue weighted by Crippen LogP contribution is 2.44. The highest BCUT2D eigenvalue weighted by molar-refractivity contribution is 5.90. The predicted octanol–water partition coefficient (Wildman–Crippen LogP) is 3.54. The first-order valence-electron chi connectivity index (χ1n) is 9.23. The predicted molar refractivity (Wildman–Crippen MR) is 92.4 cm³/mol. The van der Waals surface area contributed by atoms with E-state index >= 15 is 0 Å². The van der Waals surface area contributed by atoms with E-state index in [1.165, 1.54) is 5.57 Å².